The second-order valence-corrected chi connectivity index (χ2v) is 6.43. The third-order valence-corrected chi connectivity index (χ3v) is 4.85. The van der Waals surface area contributed by atoms with Gasteiger partial charge in [0.15, 0.2) is 11.6 Å². The number of halogens is 3. The Morgan fingerprint density at radius 1 is 1.00 bits per heavy atom. The molecular formula is C18H25F3. The molecule has 0 N–H and O–H groups in total. The molecule has 0 atom stereocenters. The van der Waals surface area contributed by atoms with Gasteiger partial charge in [0, 0.05) is 5.56 Å². The summed E-state index contributed by atoms with van der Waals surface area (Å²) in [5, 5.41) is 0. The Bertz CT molecular complexity index is 474. The quantitative estimate of drug-likeness (QED) is 0.444. The van der Waals surface area contributed by atoms with Crippen LogP contribution in [0.1, 0.15) is 75.3 Å². The molecule has 21 heavy (non-hydrogen) atoms. The van der Waals surface area contributed by atoms with Crippen LogP contribution < -0.4 is 0 Å². The molecule has 0 aliphatic heterocycles. The third-order valence-electron chi connectivity index (χ3n) is 4.85. The Morgan fingerprint density at radius 2 is 1.67 bits per heavy atom. The van der Waals surface area contributed by atoms with Crippen LogP contribution in [0.3, 0.4) is 0 Å². The highest BCUT2D eigenvalue weighted by Crippen LogP contribution is 2.40. The summed E-state index contributed by atoms with van der Waals surface area (Å²) in [6, 6.07) is 1.13. The number of aryl methyl sites for hydroxylation is 1. The first-order valence-electron chi connectivity index (χ1n) is 8.18. The molecule has 0 heterocycles. The molecule has 0 radical (unpaired) electrons. The van der Waals surface area contributed by atoms with Crippen molar-refractivity contribution in [3.63, 3.8) is 0 Å². The van der Waals surface area contributed by atoms with Crippen molar-refractivity contribution in [2.75, 3.05) is 0 Å². The Kier molecular flexibility index (Phi) is 5.72. The first kappa shape index (κ1) is 16.4. The average Bonchev–Trinajstić information content (AvgIpc) is 2.47. The summed E-state index contributed by atoms with van der Waals surface area (Å²) in [4.78, 5) is 0. The minimum Gasteiger partial charge on any atom is -0.207 e. The van der Waals surface area contributed by atoms with Crippen molar-refractivity contribution in [3.05, 3.63) is 34.6 Å². The zero-order valence-electron chi connectivity index (χ0n) is 13.0. The molecular weight excluding hydrogens is 273 g/mol. The van der Waals surface area contributed by atoms with Gasteiger partial charge in [0.05, 0.1) is 0 Å². The van der Waals surface area contributed by atoms with Crippen LogP contribution in [0, 0.1) is 30.3 Å². The van der Waals surface area contributed by atoms with E-state index >= 15 is 0 Å². The Hall–Kier alpha value is -0.990. The maximum absolute atomic E-state index is 14.0. The van der Waals surface area contributed by atoms with Gasteiger partial charge in [-0.3, -0.25) is 0 Å². The van der Waals surface area contributed by atoms with Crippen molar-refractivity contribution in [2.45, 2.75) is 71.1 Å². The molecule has 1 saturated carbocycles. The molecule has 0 saturated heterocycles. The van der Waals surface area contributed by atoms with Crippen LogP contribution >= 0.6 is 0 Å². The van der Waals surface area contributed by atoms with E-state index in [4.69, 9.17) is 0 Å². The van der Waals surface area contributed by atoms with E-state index in [1.165, 1.54) is 32.6 Å². The Balaban J connectivity index is 2.01. The van der Waals surface area contributed by atoms with Crippen molar-refractivity contribution in [2.24, 2.45) is 5.92 Å². The standard InChI is InChI=1S/C18H25F3/c1-3-4-5-6-13-7-9-14(10-8-13)16-15(19)11-12(2)17(20)18(16)21/h11,13-14H,3-10H2,1-2H3/t13-,14-. The molecule has 1 aliphatic carbocycles. The second-order valence-electron chi connectivity index (χ2n) is 6.43. The summed E-state index contributed by atoms with van der Waals surface area (Å²) in [7, 11) is 0. The smallest absolute Gasteiger partial charge is 0.165 e. The highest BCUT2D eigenvalue weighted by molar-refractivity contribution is 5.30. The Labute approximate surface area is 125 Å². The van der Waals surface area contributed by atoms with Gasteiger partial charge in [-0.15, -0.1) is 0 Å². The summed E-state index contributed by atoms with van der Waals surface area (Å²) < 4.78 is 41.7. The number of benzene rings is 1. The molecule has 0 spiro atoms. The maximum atomic E-state index is 14.0. The monoisotopic (exact) mass is 298 g/mol. The molecule has 2 rings (SSSR count). The van der Waals surface area contributed by atoms with Crippen molar-refractivity contribution < 1.29 is 13.2 Å². The van der Waals surface area contributed by atoms with Gasteiger partial charge < -0.3 is 0 Å². The van der Waals surface area contributed by atoms with Crippen LogP contribution in [-0.2, 0) is 0 Å². The van der Waals surface area contributed by atoms with E-state index < -0.39 is 17.5 Å². The molecule has 0 unspecified atom stereocenters. The summed E-state index contributed by atoms with van der Waals surface area (Å²) >= 11 is 0. The van der Waals surface area contributed by atoms with Gasteiger partial charge >= 0.3 is 0 Å². The molecule has 0 nitrogen and oxygen atoms in total. The second kappa shape index (κ2) is 7.33. The predicted molar refractivity (Wildman–Crippen MR) is 79.9 cm³/mol. The van der Waals surface area contributed by atoms with Gasteiger partial charge in [-0.05, 0) is 56.1 Å². The molecule has 3 heteroatoms. The summed E-state index contributed by atoms with van der Waals surface area (Å²) in [5.74, 6) is -1.93. The highest BCUT2D eigenvalue weighted by Gasteiger charge is 2.28. The van der Waals surface area contributed by atoms with Gasteiger partial charge in [0.1, 0.15) is 5.82 Å². The first-order chi connectivity index (χ1) is 10.0. The van der Waals surface area contributed by atoms with Crippen LogP contribution in [-0.4, -0.2) is 0 Å². The fourth-order valence-electron chi connectivity index (χ4n) is 3.52. The molecule has 118 valence electrons. The van der Waals surface area contributed by atoms with E-state index in [2.05, 4.69) is 6.92 Å². The average molecular weight is 298 g/mol. The number of unbranched alkanes of at least 4 members (excludes halogenated alkanes) is 2. The van der Waals surface area contributed by atoms with E-state index in [0.29, 0.717) is 5.92 Å². The van der Waals surface area contributed by atoms with Crippen LogP contribution in [0.25, 0.3) is 0 Å². The Morgan fingerprint density at radius 3 is 2.29 bits per heavy atom. The van der Waals surface area contributed by atoms with E-state index in [0.717, 1.165) is 31.7 Å². The number of hydrogen-bond donors (Lipinski definition) is 0. The van der Waals surface area contributed by atoms with Crippen molar-refractivity contribution in [1.82, 2.24) is 0 Å². The van der Waals surface area contributed by atoms with E-state index in [9.17, 15) is 13.2 Å². The van der Waals surface area contributed by atoms with Crippen molar-refractivity contribution in [1.29, 1.82) is 0 Å². The number of rotatable bonds is 5. The summed E-state index contributed by atoms with van der Waals surface area (Å²) in [6.45, 7) is 3.59. The predicted octanol–water partition coefficient (Wildman–Crippen LogP) is 6.27. The zero-order chi connectivity index (χ0) is 15.4. The largest absolute Gasteiger partial charge is 0.207 e. The van der Waals surface area contributed by atoms with Crippen LogP contribution in [0.15, 0.2) is 6.07 Å². The van der Waals surface area contributed by atoms with Crippen molar-refractivity contribution in [3.8, 4) is 0 Å². The zero-order valence-corrected chi connectivity index (χ0v) is 13.0. The first-order valence-corrected chi connectivity index (χ1v) is 8.18. The van der Waals surface area contributed by atoms with E-state index in [1.807, 2.05) is 0 Å². The topological polar surface area (TPSA) is 0 Å². The van der Waals surface area contributed by atoms with E-state index in [1.54, 1.807) is 0 Å². The van der Waals surface area contributed by atoms with Crippen LogP contribution in [0.2, 0.25) is 0 Å². The minimum atomic E-state index is -0.970. The fraction of sp³-hybridized carbons (Fsp3) is 0.667. The van der Waals surface area contributed by atoms with Gasteiger partial charge in [0.25, 0.3) is 0 Å². The molecule has 0 amide bonds. The number of hydrogen-bond acceptors (Lipinski definition) is 0. The normalized spacial score (nSPS) is 22.5. The SMILES string of the molecule is CCCCC[C@H]1CC[C@H](c2c(F)cc(C)c(F)c2F)CC1. The van der Waals surface area contributed by atoms with Gasteiger partial charge in [-0.25, -0.2) is 13.2 Å². The molecule has 1 aromatic rings. The van der Waals surface area contributed by atoms with Gasteiger partial charge in [-0.2, -0.15) is 0 Å². The van der Waals surface area contributed by atoms with Crippen LogP contribution in [0.4, 0.5) is 13.2 Å². The molecule has 1 aliphatic rings. The van der Waals surface area contributed by atoms with Gasteiger partial charge in [-0.1, -0.05) is 32.6 Å². The summed E-state index contributed by atoms with van der Waals surface area (Å²) in [6.07, 6.45) is 8.48. The lowest BCUT2D eigenvalue weighted by atomic mass is 9.76. The lowest BCUT2D eigenvalue weighted by Gasteiger charge is -2.29. The fourth-order valence-corrected chi connectivity index (χ4v) is 3.52. The van der Waals surface area contributed by atoms with Crippen molar-refractivity contribution >= 4 is 0 Å². The third kappa shape index (κ3) is 3.81. The van der Waals surface area contributed by atoms with Gasteiger partial charge in [0.2, 0.25) is 0 Å². The van der Waals surface area contributed by atoms with Crippen LogP contribution in [0.5, 0.6) is 0 Å². The maximum Gasteiger partial charge on any atom is 0.165 e. The summed E-state index contributed by atoms with van der Waals surface area (Å²) in [5.41, 5.74) is 0.0205. The molecule has 1 aromatic carbocycles. The minimum absolute atomic E-state index is 0.0230. The molecule has 0 bridgehead atoms. The molecule has 0 aromatic heterocycles. The molecule has 1 fully saturated rings. The highest BCUT2D eigenvalue weighted by atomic mass is 19.2. The lowest BCUT2D eigenvalue weighted by molar-refractivity contribution is 0.293. The van der Waals surface area contributed by atoms with E-state index in [-0.39, 0.29) is 17.0 Å². The lowest BCUT2D eigenvalue weighted by Crippen LogP contribution is -2.16.